The Balaban J connectivity index is 0.000000294. The fourth-order valence-electron chi connectivity index (χ4n) is 5.96. The van der Waals surface area contributed by atoms with E-state index in [1.807, 2.05) is 42.5 Å². The third-order valence-corrected chi connectivity index (χ3v) is 14.8. The highest BCUT2D eigenvalue weighted by atomic mass is 28.3. The van der Waals surface area contributed by atoms with Gasteiger partial charge in [-0.15, -0.1) is 0 Å². The first kappa shape index (κ1) is 44.3. The molecule has 0 atom stereocenters. The van der Waals surface area contributed by atoms with Crippen molar-refractivity contribution in [3.05, 3.63) is 108 Å². The van der Waals surface area contributed by atoms with E-state index in [4.69, 9.17) is 18.9 Å². The van der Waals surface area contributed by atoms with Crippen LogP contribution in [0, 0.1) is 0 Å². The first-order chi connectivity index (χ1) is 24.8. The molecule has 0 saturated carbocycles. The van der Waals surface area contributed by atoms with Crippen molar-refractivity contribution in [1.82, 2.24) is 0 Å². The molecule has 0 amide bonds. The molecule has 8 heteroatoms. The van der Waals surface area contributed by atoms with Gasteiger partial charge in [0.25, 0.3) is 0 Å². The zero-order chi connectivity index (χ0) is 40.7. The van der Waals surface area contributed by atoms with Gasteiger partial charge in [-0.3, -0.25) is 9.59 Å². The Bertz CT molecular complexity index is 1830. The van der Waals surface area contributed by atoms with E-state index in [1.54, 1.807) is 0 Å². The maximum Gasteiger partial charge on any atom is 0.308 e. The van der Waals surface area contributed by atoms with Crippen LogP contribution in [-0.4, -0.2) is 40.5 Å². The minimum Gasteiger partial charge on any atom is -0.497 e. The van der Waals surface area contributed by atoms with Crippen LogP contribution in [0.2, 0.25) is 26.2 Å². The monoisotopic (exact) mass is 768 g/mol. The molecule has 0 aliphatic carbocycles. The summed E-state index contributed by atoms with van der Waals surface area (Å²) in [4.78, 5) is 23.2. The number of benzene rings is 4. The molecule has 4 aromatic carbocycles. The van der Waals surface area contributed by atoms with E-state index in [0.717, 1.165) is 28.2 Å². The highest BCUT2D eigenvalue weighted by molar-refractivity contribution is 6.90. The van der Waals surface area contributed by atoms with Gasteiger partial charge in [0.05, 0.1) is 12.5 Å². The average Bonchev–Trinajstić information content (AvgIpc) is 3.06. The van der Waals surface area contributed by atoms with E-state index in [9.17, 15) is 9.59 Å². The molecular formula is C46H64O6Si2. The molecule has 0 aliphatic heterocycles. The Morgan fingerprint density at radius 2 is 0.870 bits per heavy atom. The lowest BCUT2D eigenvalue weighted by Crippen LogP contribution is -2.47. The maximum atomic E-state index is 11.8. The van der Waals surface area contributed by atoms with Crippen molar-refractivity contribution in [2.75, 3.05) is 12.5 Å². The summed E-state index contributed by atoms with van der Waals surface area (Å²) < 4.78 is 23.6. The number of ether oxygens (including phenoxy) is 4. The Morgan fingerprint density at radius 3 is 1.24 bits per heavy atom. The Morgan fingerprint density at radius 1 is 0.500 bits per heavy atom. The molecule has 0 N–H and O–H groups in total. The van der Waals surface area contributed by atoms with Gasteiger partial charge in [-0.05, 0) is 46.6 Å². The van der Waals surface area contributed by atoms with E-state index in [-0.39, 0.29) is 28.2 Å². The number of carbonyl (C=O) groups is 2. The number of rotatable bonds is 10. The first-order valence-corrected chi connectivity index (χ1v) is 25.3. The van der Waals surface area contributed by atoms with E-state index in [0.29, 0.717) is 24.0 Å². The van der Waals surface area contributed by atoms with Crippen LogP contribution in [0.5, 0.6) is 23.0 Å². The molecule has 6 nitrogen and oxygen atoms in total. The summed E-state index contributed by atoms with van der Waals surface area (Å²) in [7, 11) is -3.41. The zero-order valence-corrected chi connectivity index (χ0v) is 37.5. The Hall–Kier alpha value is -4.15. The lowest BCUT2D eigenvalue weighted by atomic mass is 9.79. The molecule has 0 unspecified atom stereocenters. The summed E-state index contributed by atoms with van der Waals surface area (Å²) in [6.07, 6.45) is 1.39. The standard InChI is InChI=1S/C25H36O3Si.C21H28O3Si/c1-18(26)28-23-21(24(2,3)4)15-19(16-22(23)25(5,6)7)27-17-29(8,9)20-13-11-10-12-14-20;1-16(22)24-20-13-12-17(14-19(20)21(2,3)4)23-15-25(5,6)18-10-8-7-9-11-18/h10-16H,17H2,1-9H3;7-14H,15H2,1-6H3. The molecule has 0 heterocycles. The molecule has 0 saturated heterocycles. The molecule has 0 bridgehead atoms. The summed E-state index contributed by atoms with van der Waals surface area (Å²) in [6.45, 7) is 31.2. The van der Waals surface area contributed by atoms with Gasteiger partial charge in [0, 0.05) is 30.5 Å². The topological polar surface area (TPSA) is 71.1 Å². The summed E-state index contributed by atoms with van der Waals surface area (Å²) >= 11 is 0. The predicted molar refractivity (Wildman–Crippen MR) is 230 cm³/mol. The third kappa shape index (κ3) is 12.7. The quantitative estimate of drug-likeness (QED) is 0.0909. The fourth-order valence-corrected chi connectivity index (χ4v) is 9.53. The summed E-state index contributed by atoms with van der Waals surface area (Å²) in [6, 6.07) is 31.0. The summed E-state index contributed by atoms with van der Waals surface area (Å²) in [5.74, 6) is 2.32. The van der Waals surface area contributed by atoms with Crippen molar-refractivity contribution in [1.29, 1.82) is 0 Å². The SMILES string of the molecule is CC(=O)Oc1c(C(C)(C)C)cc(OC[Si](C)(C)c2ccccc2)cc1C(C)(C)C.CC(=O)Oc1ccc(OC[Si](C)(C)c2ccccc2)cc1C(C)(C)C. The van der Waals surface area contributed by atoms with Crippen molar-refractivity contribution < 1.29 is 28.5 Å². The second-order valence-electron chi connectivity index (χ2n) is 18.5. The Labute approximate surface area is 327 Å². The average molecular weight is 769 g/mol. The number of hydrogen-bond donors (Lipinski definition) is 0. The van der Waals surface area contributed by atoms with Crippen molar-refractivity contribution >= 4 is 38.5 Å². The summed E-state index contributed by atoms with van der Waals surface area (Å²) in [5.41, 5.74) is 2.45. The predicted octanol–water partition coefficient (Wildman–Crippen LogP) is 10.2. The van der Waals surface area contributed by atoms with Gasteiger partial charge in [0.15, 0.2) is 0 Å². The molecule has 0 aromatic heterocycles. The van der Waals surface area contributed by atoms with Gasteiger partial charge in [0.2, 0.25) is 0 Å². The highest BCUT2D eigenvalue weighted by Crippen LogP contribution is 2.43. The van der Waals surface area contributed by atoms with E-state index in [1.165, 1.54) is 24.2 Å². The van der Waals surface area contributed by atoms with Crippen LogP contribution in [0.15, 0.2) is 91.0 Å². The molecule has 0 spiro atoms. The molecular weight excluding hydrogens is 705 g/mol. The third-order valence-electron chi connectivity index (χ3n) is 9.25. The minimum absolute atomic E-state index is 0.142. The molecule has 292 valence electrons. The smallest absolute Gasteiger partial charge is 0.308 e. The molecule has 0 fully saturated rings. The zero-order valence-electron chi connectivity index (χ0n) is 35.5. The number of hydrogen-bond acceptors (Lipinski definition) is 6. The maximum absolute atomic E-state index is 11.8. The highest BCUT2D eigenvalue weighted by Gasteiger charge is 2.31. The van der Waals surface area contributed by atoms with E-state index in [2.05, 4.69) is 137 Å². The van der Waals surface area contributed by atoms with Crippen molar-refractivity contribution in [2.45, 2.75) is 119 Å². The van der Waals surface area contributed by atoms with E-state index < -0.39 is 16.1 Å². The van der Waals surface area contributed by atoms with Crippen LogP contribution in [0.4, 0.5) is 0 Å². The normalized spacial score (nSPS) is 12.3. The van der Waals surface area contributed by atoms with Crippen molar-refractivity contribution in [3.8, 4) is 23.0 Å². The molecule has 0 aliphatic rings. The molecule has 4 rings (SSSR count). The lowest BCUT2D eigenvalue weighted by Gasteiger charge is -2.30. The van der Waals surface area contributed by atoms with Crippen molar-refractivity contribution in [3.63, 3.8) is 0 Å². The molecule has 54 heavy (non-hydrogen) atoms. The minimum atomic E-state index is -1.74. The van der Waals surface area contributed by atoms with Gasteiger partial charge >= 0.3 is 11.9 Å². The first-order valence-electron chi connectivity index (χ1n) is 18.9. The summed E-state index contributed by atoms with van der Waals surface area (Å²) in [5, 5.41) is 2.76. The largest absolute Gasteiger partial charge is 0.497 e. The second kappa shape index (κ2) is 17.5. The van der Waals surface area contributed by atoms with Crippen LogP contribution in [-0.2, 0) is 25.8 Å². The lowest BCUT2D eigenvalue weighted by molar-refractivity contribution is -0.133. The van der Waals surface area contributed by atoms with Gasteiger partial charge in [-0.1, -0.05) is 160 Å². The van der Waals surface area contributed by atoms with E-state index >= 15 is 0 Å². The van der Waals surface area contributed by atoms with Crippen LogP contribution < -0.4 is 29.3 Å². The fraction of sp³-hybridized carbons (Fsp3) is 0.435. The molecule has 4 aromatic rings. The number of carbonyl (C=O) groups excluding carboxylic acids is 2. The van der Waals surface area contributed by atoms with Crippen LogP contribution in [0.3, 0.4) is 0 Å². The Kier molecular flexibility index (Phi) is 14.4. The van der Waals surface area contributed by atoms with Gasteiger partial charge in [-0.25, -0.2) is 0 Å². The van der Waals surface area contributed by atoms with Crippen molar-refractivity contribution in [2.24, 2.45) is 0 Å². The van der Waals surface area contributed by atoms with Crippen LogP contribution in [0.1, 0.15) is 92.9 Å². The van der Waals surface area contributed by atoms with Crippen LogP contribution >= 0.6 is 0 Å². The number of esters is 2. The molecule has 0 radical (unpaired) electrons. The second-order valence-corrected chi connectivity index (χ2v) is 27.8. The van der Waals surface area contributed by atoms with Crippen LogP contribution in [0.25, 0.3) is 0 Å². The van der Waals surface area contributed by atoms with Gasteiger partial charge < -0.3 is 18.9 Å². The van der Waals surface area contributed by atoms with Gasteiger partial charge in [0.1, 0.15) is 39.1 Å². The van der Waals surface area contributed by atoms with Gasteiger partial charge in [-0.2, -0.15) is 0 Å².